The molecule has 0 bridgehead atoms. The maximum absolute atomic E-state index is 14.1. The van der Waals surface area contributed by atoms with Gasteiger partial charge in [0.15, 0.2) is 0 Å². The lowest BCUT2D eigenvalue weighted by Crippen LogP contribution is -2.29. The highest BCUT2D eigenvalue weighted by Gasteiger charge is 2.44. The number of hydrogen-bond donors (Lipinski definition) is 4. The van der Waals surface area contributed by atoms with Crippen molar-refractivity contribution in [1.29, 1.82) is 0 Å². The van der Waals surface area contributed by atoms with E-state index in [0.717, 1.165) is 5.56 Å². The number of alkyl halides is 2. The first-order valence-corrected chi connectivity index (χ1v) is 10.7. The van der Waals surface area contributed by atoms with Crippen LogP contribution in [-0.2, 0) is 6.05 Å². The van der Waals surface area contributed by atoms with Gasteiger partial charge in [0, 0.05) is 24.9 Å². The number of carbonyl (C=O) groups excluding carboxylic acids is 1. The van der Waals surface area contributed by atoms with E-state index in [1.54, 1.807) is 18.3 Å². The Balaban J connectivity index is 1.50. The van der Waals surface area contributed by atoms with Crippen molar-refractivity contribution in [3.8, 4) is 11.5 Å². The minimum atomic E-state index is -3.45. The molecule has 2 aromatic heterocycles. The van der Waals surface area contributed by atoms with Gasteiger partial charge in [-0.2, -0.15) is 8.78 Å². The van der Waals surface area contributed by atoms with E-state index in [4.69, 9.17) is 4.42 Å². The van der Waals surface area contributed by atoms with Gasteiger partial charge in [-0.3, -0.25) is 10.1 Å². The van der Waals surface area contributed by atoms with Crippen molar-refractivity contribution in [2.45, 2.75) is 19.0 Å². The number of benzene rings is 2. The van der Waals surface area contributed by atoms with E-state index in [9.17, 15) is 18.7 Å². The van der Waals surface area contributed by atoms with Gasteiger partial charge in [0.1, 0.15) is 5.82 Å². The van der Waals surface area contributed by atoms with E-state index in [2.05, 4.69) is 25.8 Å². The molecule has 11 heteroatoms. The predicted molar refractivity (Wildman–Crippen MR) is 123 cm³/mol. The number of fused-ring (bicyclic) bond motifs is 1. The molecule has 0 aliphatic carbocycles. The number of amides is 1. The standard InChI is InChI=1S/C24H20F2N6O3/c1-13-31-32-23(35-13)17-11-27-21(10-19(17)29-20(12-33)14-5-3-2-4-6-14)28-15-7-8-16-18(9-15)24(25,26)30-22(16)34/h2-11,20,33H,12H2,1H3,(H,30,34)(H2,27,28,29)/t20-/m1/s1. The van der Waals surface area contributed by atoms with Crippen LogP contribution in [-0.4, -0.2) is 32.8 Å². The first kappa shape index (κ1) is 22.4. The van der Waals surface area contributed by atoms with Crippen LogP contribution < -0.4 is 16.0 Å². The van der Waals surface area contributed by atoms with Crippen LogP contribution in [0.25, 0.3) is 11.5 Å². The normalized spacial score (nSPS) is 14.8. The van der Waals surface area contributed by atoms with Crippen LogP contribution in [0.5, 0.6) is 0 Å². The third kappa shape index (κ3) is 4.41. The number of aryl methyl sites for hydroxylation is 1. The quantitative estimate of drug-likeness (QED) is 0.292. The van der Waals surface area contributed by atoms with Gasteiger partial charge in [-0.25, -0.2) is 4.98 Å². The van der Waals surface area contributed by atoms with Crippen molar-refractivity contribution in [3.05, 3.63) is 83.4 Å². The lowest BCUT2D eigenvalue weighted by atomic mass is 10.1. The summed E-state index contributed by atoms with van der Waals surface area (Å²) in [6, 6.07) is 11.2. The summed E-state index contributed by atoms with van der Waals surface area (Å²) in [5.41, 5.74) is 1.71. The zero-order chi connectivity index (χ0) is 24.6. The van der Waals surface area contributed by atoms with Crippen LogP contribution in [0, 0.1) is 6.92 Å². The molecule has 0 radical (unpaired) electrons. The fourth-order valence-electron chi connectivity index (χ4n) is 3.83. The molecule has 0 saturated heterocycles. The molecule has 35 heavy (non-hydrogen) atoms. The monoisotopic (exact) mass is 478 g/mol. The maximum atomic E-state index is 14.1. The van der Waals surface area contributed by atoms with Crippen LogP contribution in [0.3, 0.4) is 0 Å². The number of carbonyl (C=O) groups is 1. The second-order valence-electron chi connectivity index (χ2n) is 7.95. The van der Waals surface area contributed by atoms with Crippen LogP contribution in [0.15, 0.2) is 65.2 Å². The largest absolute Gasteiger partial charge is 0.421 e. The summed E-state index contributed by atoms with van der Waals surface area (Å²) in [6.45, 7) is 1.47. The van der Waals surface area contributed by atoms with Crippen LogP contribution in [0.1, 0.15) is 33.4 Å². The van der Waals surface area contributed by atoms with Gasteiger partial charge in [-0.1, -0.05) is 30.3 Å². The number of rotatable bonds is 7. The fourth-order valence-corrected chi connectivity index (χ4v) is 3.83. The zero-order valence-electron chi connectivity index (χ0n) is 18.4. The number of anilines is 3. The van der Waals surface area contributed by atoms with Gasteiger partial charge in [0.2, 0.25) is 5.89 Å². The Kier molecular flexibility index (Phi) is 5.61. The molecule has 1 amide bonds. The summed E-state index contributed by atoms with van der Waals surface area (Å²) >= 11 is 0. The Bertz CT molecular complexity index is 1390. The van der Waals surface area contributed by atoms with E-state index < -0.39 is 23.6 Å². The molecule has 4 aromatic rings. The molecule has 5 rings (SSSR count). The van der Waals surface area contributed by atoms with Crippen LogP contribution in [0.4, 0.5) is 26.0 Å². The number of halogens is 2. The summed E-state index contributed by atoms with van der Waals surface area (Å²) in [5.74, 6) is 0.113. The van der Waals surface area contributed by atoms with Crippen molar-refractivity contribution in [3.63, 3.8) is 0 Å². The number of hydrogen-bond acceptors (Lipinski definition) is 8. The lowest BCUT2D eigenvalue weighted by Gasteiger charge is -2.20. The van der Waals surface area contributed by atoms with E-state index >= 15 is 0 Å². The molecule has 0 saturated carbocycles. The van der Waals surface area contributed by atoms with Crippen LogP contribution in [0.2, 0.25) is 0 Å². The Morgan fingerprint density at radius 2 is 1.91 bits per heavy atom. The Morgan fingerprint density at radius 3 is 2.63 bits per heavy atom. The molecule has 2 aromatic carbocycles. The zero-order valence-corrected chi connectivity index (χ0v) is 18.4. The average molecular weight is 478 g/mol. The third-order valence-electron chi connectivity index (χ3n) is 5.52. The van der Waals surface area contributed by atoms with Gasteiger partial charge >= 0.3 is 6.05 Å². The number of aliphatic hydroxyl groups excluding tert-OH is 1. The van der Waals surface area contributed by atoms with Gasteiger partial charge in [0.25, 0.3) is 11.8 Å². The topological polar surface area (TPSA) is 125 Å². The molecule has 1 atom stereocenters. The molecular weight excluding hydrogens is 458 g/mol. The summed E-state index contributed by atoms with van der Waals surface area (Å²) < 4.78 is 33.8. The van der Waals surface area contributed by atoms with E-state index in [1.807, 2.05) is 30.3 Å². The molecular formula is C24H20F2N6O3. The average Bonchev–Trinajstić information content (AvgIpc) is 3.37. The molecule has 4 N–H and O–H groups in total. The molecule has 0 fully saturated rings. The van der Waals surface area contributed by atoms with Gasteiger partial charge in [-0.15, -0.1) is 10.2 Å². The van der Waals surface area contributed by atoms with E-state index in [-0.39, 0.29) is 18.1 Å². The van der Waals surface area contributed by atoms with Crippen LogP contribution >= 0.6 is 0 Å². The van der Waals surface area contributed by atoms with Gasteiger partial charge < -0.3 is 20.2 Å². The smallest absolute Gasteiger partial charge is 0.353 e. The number of nitrogens with one attached hydrogen (secondary N) is 3. The molecule has 9 nitrogen and oxygen atoms in total. The number of aromatic nitrogens is 3. The highest BCUT2D eigenvalue weighted by molar-refractivity contribution is 6.00. The predicted octanol–water partition coefficient (Wildman–Crippen LogP) is 4.12. The second kappa shape index (κ2) is 8.76. The summed E-state index contributed by atoms with van der Waals surface area (Å²) in [4.78, 5) is 16.1. The highest BCUT2D eigenvalue weighted by atomic mass is 19.3. The Hall–Kier alpha value is -4.38. The van der Waals surface area contributed by atoms with E-state index in [1.165, 1.54) is 24.4 Å². The molecule has 0 unspecified atom stereocenters. The summed E-state index contributed by atoms with van der Waals surface area (Å²) in [6.07, 6.45) is 1.50. The minimum Gasteiger partial charge on any atom is -0.421 e. The maximum Gasteiger partial charge on any atom is 0.353 e. The lowest BCUT2D eigenvalue weighted by molar-refractivity contribution is -0.0241. The molecule has 1 aliphatic heterocycles. The van der Waals surface area contributed by atoms with Crippen molar-refractivity contribution < 1.29 is 23.1 Å². The van der Waals surface area contributed by atoms with Crippen molar-refractivity contribution in [1.82, 2.24) is 20.5 Å². The molecule has 178 valence electrons. The highest BCUT2D eigenvalue weighted by Crippen LogP contribution is 2.37. The molecule has 3 heterocycles. The van der Waals surface area contributed by atoms with E-state index in [0.29, 0.717) is 28.6 Å². The minimum absolute atomic E-state index is 0.0772. The number of nitrogens with zero attached hydrogens (tertiary/aromatic N) is 3. The fraction of sp³-hybridized carbons (Fsp3) is 0.167. The van der Waals surface area contributed by atoms with Crippen molar-refractivity contribution >= 4 is 23.1 Å². The van der Waals surface area contributed by atoms with Crippen molar-refractivity contribution in [2.75, 3.05) is 17.2 Å². The van der Waals surface area contributed by atoms with Crippen molar-refractivity contribution in [2.24, 2.45) is 0 Å². The molecule has 1 aliphatic rings. The summed E-state index contributed by atoms with van der Waals surface area (Å²) in [7, 11) is 0. The Labute approximate surface area is 198 Å². The first-order chi connectivity index (χ1) is 16.8. The Morgan fingerprint density at radius 1 is 1.11 bits per heavy atom. The first-order valence-electron chi connectivity index (χ1n) is 10.7. The van der Waals surface area contributed by atoms with Gasteiger partial charge in [0.05, 0.1) is 35.0 Å². The molecule has 0 spiro atoms. The second-order valence-corrected chi connectivity index (χ2v) is 7.95. The van der Waals surface area contributed by atoms with Gasteiger partial charge in [-0.05, 0) is 23.8 Å². The number of pyridine rings is 1. The SMILES string of the molecule is Cc1nnc(-c2cnc(Nc3ccc4c(c3)C(F)(F)NC4=O)cc2N[C@H](CO)c2ccccc2)o1. The summed E-state index contributed by atoms with van der Waals surface area (Å²) in [5, 5.41) is 25.9. The number of aliphatic hydroxyl groups is 1. The third-order valence-corrected chi connectivity index (χ3v) is 5.52.